The van der Waals surface area contributed by atoms with Crippen molar-refractivity contribution in [3.63, 3.8) is 0 Å². The van der Waals surface area contributed by atoms with Crippen molar-refractivity contribution in [1.82, 2.24) is 0 Å². The minimum absolute atomic E-state index is 0.211. The van der Waals surface area contributed by atoms with Gasteiger partial charge in [0, 0.05) is 16.5 Å². The van der Waals surface area contributed by atoms with Gasteiger partial charge in [0.25, 0.3) is 0 Å². The summed E-state index contributed by atoms with van der Waals surface area (Å²) < 4.78 is 13.0. The summed E-state index contributed by atoms with van der Waals surface area (Å²) in [5.41, 5.74) is 1.68. The van der Waals surface area contributed by atoms with Crippen molar-refractivity contribution in [2.24, 2.45) is 0 Å². The Bertz CT molecular complexity index is 548. The number of benzene rings is 1. The monoisotopic (exact) mass is 254 g/mol. The van der Waals surface area contributed by atoms with Gasteiger partial charge in [0.05, 0.1) is 5.02 Å². The van der Waals surface area contributed by atoms with Crippen molar-refractivity contribution in [3.05, 3.63) is 56.5 Å². The van der Waals surface area contributed by atoms with E-state index in [9.17, 15) is 9.18 Å². The van der Waals surface area contributed by atoms with E-state index in [0.29, 0.717) is 5.56 Å². The van der Waals surface area contributed by atoms with E-state index in [-0.39, 0.29) is 16.4 Å². The first-order chi connectivity index (χ1) is 7.59. The number of ketones is 1. The van der Waals surface area contributed by atoms with Crippen molar-refractivity contribution in [2.45, 2.75) is 6.92 Å². The molecule has 2 aromatic rings. The summed E-state index contributed by atoms with van der Waals surface area (Å²) in [6, 6.07) is 3.80. The van der Waals surface area contributed by atoms with Gasteiger partial charge < -0.3 is 0 Å². The number of halogens is 2. The molecule has 0 radical (unpaired) electrons. The van der Waals surface area contributed by atoms with Gasteiger partial charge in [0.1, 0.15) is 5.82 Å². The molecule has 0 spiro atoms. The minimum atomic E-state index is -0.458. The molecule has 1 aromatic carbocycles. The Kier molecular flexibility index (Phi) is 3.08. The van der Waals surface area contributed by atoms with E-state index in [1.807, 2.05) is 12.3 Å². The summed E-state index contributed by atoms with van der Waals surface area (Å²) >= 11 is 7.32. The van der Waals surface area contributed by atoms with Gasteiger partial charge in [-0.15, -0.1) is 0 Å². The van der Waals surface area contributed by atoms with Crippen LogP contribution in [0.1, 0.15) is 21.5 Å². The molecule has 1 aromatic heterocycles. The van der Waals surface area contributed by atoms with Gasteiger partial charge in [-0.05, 0) is 36.1 Å². The molecule has 0 fully saturated rings. The van der Waals surface area contributed by atoms with Crippen LogP contribution in [-0.4, -0.2) is 5.78 Å². The molecule has 1 nitrogen and oxygen atoms in total. The van der Waals surface area contributed by atoms with Crippen LogP contribution in [0.4, 0.5) is 4.39 Å². The maximum absolute atomic E-state index is 13.0. The zero-order valence-corrected chi connectivity index (χ0v) is 10.0. The average Bonchev–Trinajstić information content (AvgIpc) is 2.67. The summed E-state index contributed by atoms with van der Waals surface area (Å²) in [4.78, 5) is 12.1. The predicted octanol–water partition coefficient (Wildman–Crippen LogP) is 4.08. The van der Waals surface area contributed by atoms with Gasteiger partial charge in [-0.25, -0.2) is 4.39 Å². The first-order valence-corrected chi connectivity index (χ1v) is 5.94. The summed E-state index contributed by atoms with van der Waals surface area (Å²) in [5, 5.41) is 3.90. The van der Waals surface area contributed by atoms with Gasteiger partial charge in [-0.3, -0.25) is 4.79 Å². The Morgan fingerprint density at radius 3 is 2.69 bits per heavy atom. The molecular formula is C12H8ClFOS. The van der Waals surface area contributed by atoms with Crippen LogP contribution in [0.5, 0.6) is 0 Å². The van der Waals surface area contributed by atoms with Gasteiger partial charge in [0.2, 0.25) is 0 Å². The molecular weight excluding hydrogens is 247 g/mol. The normalized spacial score (nSPS) is 10.4. The fourth-order valence-electron chi connectivity index (χ4n) is 1.41. The molecule has 0 saturated carbocycles. The zero-order chi connectivity index (χ0) is 11.7. The second-order valence-corrected chi connectivity index (χ2v) is 4.57. The van der Waals surface area contributed by atoms with E-state index >= 15 is 0 Å². The summed E-state index contributed by atoms with van der Waals surface area (Å²) in [5.74, 6) is -0.691. The van der Waals surface area contributed by atoms with Crippen molar-refractivity contribution < 1.29 is 9.18 Å². The van der Waals surface area contributed by atoms with Crippen LogP contribution in [0.3, 0.4) is 0 Å². The van der Waals surface area contributed by atoms with Crippen LogP contribution in [0.2, 0.25) is 5.02 Å². The van der Waals surface area contributed by atoms with Crippen molar-refractivity contribution in [3.8, 4) is 0 Å². The van der Waals surface area contributed by atoms with E-state index in [1.54, 1.807) is 5.38 Å². The molecule has 0 aliphatic rings. The molecule has 1 heterocycles. The van der Waals surface area contributed by atoms with Crippen molar-refractivity contribution in [2.75, 3.05) is 0 Å². The highest BCUT2D eigenvalue weighted by atomic mass is 35.5. The van der Waals surface area contributed by atoms with E-state index < -0.39 is 5.82 Å². The fourth-order valence-corrected chi connectivity index (χ4v) is 2.44. The van der Waals surface area contributed by atoms with Crippen LogP contribution < -0.4 is 0 Å². The maximum Gasteiger partial charge on any atom is 0.195 e. The minimum Gasteiger partial charge on any atom is -0.289 e. The van der Waals surface area contributed by atoms with Gasteiger partial charge in [0.15, 0.2) is 5.78 Å². The Labute approximate surface area is 101 Å². The van der Waals surface area contributed by atoms with Crippen LogP contribution in [0.15, 0.2) is 29.0 Å². The third kappa shape index (κ3) is 2.01. The predicted molar refractivity (Wildman–Crippen MR) is 63.9 cm³/mol. The Hall–Kier alpha value is -1.19. The van der Waals surface area contributed by atoms with E-state index in [1.165, 1.54) is 29.5 Å². The topological polar surface area (TPSA) is 17.1 Å². The van der Waals surface area contributed by atoms with E-state index in [4.69, 9.17) is 11.6 Å². The highest BCUT2D eigenvalue weighted by Crippen LogP contribution is 2.23. The third-order valence-corrected chi connectivity index (χ3v) is 3.46. The molecule has 0 unspecified atom stereocenters. The lowest BCUT2D eigenvalue weighted by atomic mass is 10.0. The molecule has 2 rings (SSSR count). The highest BCUT2D eigenvalue weighted by Gasteiger charge is 2.16. The molecule has 4 heteroatoms. The summed E-state index contributed by atoms with van der Waals surface area (Å²) in [6.45, 7) is 1.84. The molecule has 0 saturated heterocycles. The standard InChI is InChI=1S/C12H8ClFOS/c1-7-5-16-6-10(7)12(15)9-4-8(14)2-3-11(9)13/h2-6H,1H3. The second kappa shape index (κ2) is 4.36. The SMILES string of the molecule is Cc1cscc1C(=O)c1cc(F)ccc1Cl. The summed E-state index contributed by atoms with van der Waals surface area (Å²) in [7, 11) is 0. The third-order valence-electron chi connectivity index (χ3n) is 2.27. The number of rotatable bonds is 2. The first-order valence-electron chi connectivity index (χ1n) is 4.62. The van der Waals surface area contributed by atoms with Gasteiger partial charge in [-0.2, -0.15) is 11.3 Å². The van der Waals surface area contributed by atoms with Crippen molar-refractivity contribution >= 4 is 28.7 Å². The van der Waals surface area contributed by atoms with E-state index in [2.05, 4.69) is 0 Å². The van der Waals surface area contributed by atoms with Crippen molar-refractivity contribution in [1.29, 1.82) is 0 Å². The molecule has 0 N–H and O–H groups in total. The lowest BCUT2D eigenvalue weighted by Gasteiger charge is -2.03. The second-order valence-electron chi connectivity index (χ2n) is 3.42. The number of carbonyl (C=O) groups excluding carboxylic acids is 1. The van der Waals surface area contributed by atoms with Gasteiger partial charge >= 0.3 is 0 Å². The lowest BCUT2D eigenvalue weighted by molar-refractivity contribution is 0.103. The molecule has 0 amide bonds. The highest BCUT2D eigenvalue weighted by molar-refractivity contribution is 7.08. The first kappa shape index (κ1) is 11.3. The van der Waals surface area contributed by atoms with Crippen LogP contribution in [-0.2, 0) is 0 Å². The zero-order valence-electron chi connectivity index (χ0n) is 8.46. The molecule has 0 bridgehead atoms. The molecule has 16 heavy (non-hydrogen) atoms. The molecule has 0 aliphatic carbocycles. The molecule has 82 valence electrons. The van der Waals surface area contributed by atoms with Crippen LogP contribution in [0, 0.1) is 12.7 Å². The van der Waals surface area contributed by atoms with Crippen LogP contribution >= 0.6 is 22.9 Å². The Morgan fingerprint density at radius 2 is 2.06 bits per heavy atom. The number of thiophene rings is 1. The quantitative estimate of drug-likeness (QED) is 0.738. The van der Waals surface area contributed by atoms with Gasteiger partial charge in [-0.1, -0.05) is 11.6 Å². The number of aryl methyl sites for hydroxylation is 1. The Balaban J connectivity index is 2.49. The molecule has 0 aliphatic heterocycles. The lowest BCUT2D eigenvalue weighted by Crippen LogP contribution is -2.02. The summed E-state index contributed by atoms with van der Waals surface area (Å²) in [6.07, 6.45) is 0. The molecule has 0 atom stereocenters. The van der Waals surface area contributed by atoms with E-state index in [0.717, 1.165) is 5.56 Å². The largest absolute Gasteiger partial charge is 0.289 e. The number of hydrogen-bond donors (Lipinski definition) is 0. The average molecular weight is 255 g/mol. The van der Waals surface area contributed by atoms with Crippen LogP contribution in [0.25, 0.3) is 0 Å². The fraction of sp³-hybridized carbons (Fsp3) is 0.0833. The smallest absolute Gasteiger partial charge is 0.195 e. The maximum atomic E-state index is 13.0. The number of hydrogen-bond acceptors (Lipinski definition) is 2. The Morgan fingerprint density at radius 1 is 1.31 bits per heavy atom. The number of carbonyl (C=O) groups is 1.